The standard InChI is InChI=1S/C19H19N7/c1-15-12-22-26(14-15)19-4-2-3-18(23-19)25-9-7-24(8-10-25)17-6-5-16(11-20)13-21-17/h2-6,12-14H,7-10H2,1H3. The summed E-state index contributed by atoms with van der Waals surface area (Å²) >= 11 is 0. The highest BCUT2D eigenvalue weighted by atomic mass is 15.3. The predicted octanol–water partition coefficient (Wildman–Crippen LogP) is 2.17. The molecular formula is C19H19N7. The van der Waals surface area contributed by atoms with Crippen molar-refractivity contribution in [1.82, 2.24) is 19.7 Å². The van der Waals surface area contributed by atoms with E-state index in [9.17, 15) is 0 Å². The summed E-state index contributed by atoms with van der Waals surface area (Å²) in [4.78, 5) is 13.7. The fourth-order valence-electron chi connectivity index (χ4n) is 3.06. The highest BCUT2D eigenvalue weighted by Gasteiger charge is 2.19. The molecule has 1 aliphatic heterocycles. The van der Waals surface area contributed by atoms with Gasteiger partial charge in [-0.2, -0.15) is 10.4 Å². The van der Waals surface area contributed by atoms with Gasteiger partial charge in [0, 0.05) is 38.6 Å². The molecule has 0 saturated carbocycles. The van der Waals surface area contributed by atoms with Gasteiger partial charge in [0.05, 0.1) is 11.8 Å². The number of nitrogens with zero attached hydrogens (tertiary/aromatic N) is 7. The molecule has 0 bridgehead atoms. The molecule has 4 rings (SSSR count). The topological polar surface area (TPSA) is 73.9 Å². The molecule has 26 heavy (non-hydrogen) atoms. The van der Waals surface area contributed by atoms with Crippen LogP contribution >= 0.6 is 0 Å². The molecular weight excluding hydrogens is 326 g/mol. The van der Waals surface area contributed by atoms with Gasteiger partial charge in [-0.1, -0.05) is 6.07 Å². The lowest BCUT2D eigenvalue weighted by atomic mass is 10.2. The SMILES string of the molecule is Cc1cnn(-c2cccc(N3CCN(c4ccc(C#N)cn4)CC3)n2)c1. The van der Waals surface area contributed by atoms with Crippen molar-refractivity contribution in [3.05, 3.63) is 60.0 Å². The second-order valence-corrected chi connectivity index (χ2v) is 6.31. The smallest absolute Gasteiger partial charge is 0.155 e. The van der Waals surface area contributed by atoms with Crippen molar-refractivity contribution < 1.29 is 0 Å². The van der Waals surface area contributed by atoms with Crippen LogP contribution in [0.3, 0.4) is 0 Å². The summed E-state index contributed by atoms with van der Waals surface area (Å²) in [5.74, 6) is 2.70. The molecule has 0 unspecified atom stereocenters. The van der Waals surface area contributed by atoms with E-state index in [0.717, 1.165) is 49.2 Å². The van der Waals surface area contributed by atoms with Crippen molar-refractivity contribution in [1.29, 1.82) is 5.26 Å². The van der Waals surface area contributed by atoms with Crippen LogP contribution < -0.4 is 9.80 Å². The molecule has 3 aromatic heterocycles. The fraction of sp³-hybridized carbons (Fsp3) is 0.263. The molecule has 130 valence electrons. The van der Waals surface area contributed by atoms with Crippen LogP contribution in [0.2, 0.25) is 0 Å². The van der Waals surface area contributed by atoms with Crippen molar-refractivity contribution in [2.45, 2.75) is 6.92 Å². The van der Waals surface area contributed by atoms with E-state index in [4.69, 9.17) is 10.2 Å². The number of aromatic nitrogens is 4. The number of hydrogen-bond acceptors (Lipinski definition) is 6. The Kier molecular flexibility index (Phi) is 4.23. The first-order chi connectivity index (χ1) is 12.7. The molecule has 7 nitrogen and oxygen atoms in total. The third-order valence-corrected chi connectivity index (χ3v) is 4.47. The molecule has 0 spiro atoms. The van der Waals surface area contributed by atoms with Crippen molar-refractivity contribution in [3.63, 3.8) is 0 Å². The molecule has 0 radical (unpaired) electrons. The number of rotatable bonds is 3. The molecule has 0 N–H and O–H groups in total. The number of aryl methyl sites for hydroxylation is 1. The first-order valence-corrected chi connectivity index (χ1v) is 8.58. The number of piperazine rings is 1. The largest absolute Gasteiger partial charge is 0.353 e. The van der Waals surface area contributed by atoms with E-state index in [1.54, 1.807) is 10.9 Å². The monoisotopic (exact) mass is 345 g/mol. The van der Waals surface area contributed by atoms with Gasteiger partial charge in [-0.05, 0) is 36.8 Å². The van der Waals surface area contributed by atoms with Gasteiger partial charge in [0.25, 0.3) is 0 Å². The van der Waals surface area contributed by atoms with Gasteiger partial charge >= 0.3 is 0 Å². The summed E-state index contributed by atoms with van der Waals surface area (Å²) in [5, 5.41) is 13.2. The van der Waals surface area contributed by atoms with Crippen molar-refractivity contribution in [3.8, 4) is 11.9 Å². The Hall–Kier alpha value is -3.40. The molecule has 1 saturated heterocycles. The van der Waals surface area contributed by atoms with Crippen molar-refractivity contribution in [2.75, 3.05) is 36.0 Å². The summed E-state index contributed by atoms with van der Waals surface area (Å²) in [6, 6.07) is 11.8. The van der Waals surface area contributed by atoms with E-state index in [1.807, 2.05) is 49.6 Å². The fourth-order valence-corrected chi connectivity index (χ4v) is 3.06. The zero-order valence-electron chi connectivity index (χ0n) is 14.6. The molecule has 0 atom stereocenters. The molecule has 0 aliphatic carbocycles. The Labute approximate surface area is 152 Å². The van der Waals surface area contributed by atoms with Gasteiger partial charge in [0.1, 0.15) is 17.7 Å². The van der Waals surface area contributed by atoms with Gasteiger partial charge in [0.2, 0.25) is 0 Å². The summed E-state index contributed by atoms with van der Waals surface area (Å²) in [7, 11) is 0. The van der Waals surface area contributed by atoms with E-state index in [-0.39, 0.29) is 0 Å². The maximum absolute atomic E-state index is 8.88. The van der Waals surface area contributed by atoms with Crippen LogP contribution in [0.25, 0.3) is 5.82 Å². The first kappa shape index (κ1) is 16.1. The Morgan fingerprint density at radius 2 is 1.65 bits per heavy atom. The lowest BCUT2D eigenvalue weighted by Gasteiger charge is -2.36. The zero-order valence-corrected chi connectivity index (χ0v) is 14.6. The maximum Gasteiger partial charge on any atom is 0.155 e. The summed E-state index contributed by atoms with van der Waals surface area (Å²) < 4.78 is 1.80. The number of pyridine rings is 2. The summed E-state index contributed by atoms with van der Waals surface area (Å²) in [6.07, 6.45) is 5.43. The highest BCUT2D eigenvalue weighted by Crippen LogP contribution is 2.19. The van der Waals surface area contributed by atoms with E-state index in [1.165, 1.54) is 0 Å². The normalized spacial score (nSPS) is 14.3. The first-order valence-electron chi connectivity index (χ1n) is 8.58. The van der Waals surface area contributed by atoms with Crippen molar-refractivity contribution in [2.24, 2.45) is 0 Å². The molecule has 4 heterocycles. The molecule has 1 fully saturated rings. The van der Waals surface area contributed by atoms with Crippen molar-refractivity contribution >= 4 is 11.6 Å². The van der Waals surface area contributed by atoms with E-state index >= 15 is 0 Å². The average Bonchev–Trinajstić information content (AvgIpc) is 3.15. The van der Waals surface area contributed by atoms with E-state index < -0.39 is 0 Å². The average molecular weight is 345 g/mol. The highest BCUT2D eigenvalue weighted by molar-refractivity contribution is 5.47. The Morgan fingerprint density at radius 3 is 2.27 bits per heavy atom. The Morgan fingerprint density at radius 1 is 0.923 bits per heavy atom. The van der Waals surface area contributed by atoms with E-state index in [2.05, 4.69) is 26.0 Å². The number of nitriles is 1. The van der Waals surface area contributed by atoms with Gasteiger partial charge in [-0.3, -0.25) is 0 Å². The van der Waals surface area contributed by atoms with Crippen LogP contribution in [0, 0.1) is 18.3 Å². The van der Waals surface area contributed by atoms with Crippen LogP contribution in [0.15, 0.2) is 48.9 Å². The second-order valence-electron chi connectivity index (χ2n) is 6.31. The Balaban J connectivity index is 1.45. The minimum Gasteiger partial charge on any atom is -0.353 e. The second kappa shape index (κ2) is 6.84. The molecule has 0 aromatic carbocycles. The van der Waals surface area contributed by atoms with Crippen LogP contribution in [0.1, 0.15) is 11.1 Å². The van der Waals surface area contributed by atoms with Gasteiger partial charge in [-0.15, -0.1) is 0 Å². The lowest BCUT2D eigenvalue weighted by Crippen LogP contribution is -2.47. The maximum atomic E-state index is 8.88. The van der Waals surface area contributed by atoms with Crippen LogP contribution in [-0.2, 0) is 0 Å². The Bertz CT molecular complexity index is 931. The van der Waals surface area contributed by atoms with Crippen LogP contribution in [0.5, 0.6) is 0 Å². The third-order valence-electron chi connectivity index (χ3n) is 4.47. The molecule has 1 aliphatic rings. The van der Waals surface area contributed by atoms with E-state index in [0.29, 0.717) is 5.56 Å². The van der Waals surface area contributed by atoms with Crippen LogP contribution in [0.4, 0.5) is 11.6 Å². The molecule has 0 amide bonds. The molecule has 7 heteroatoms. The van der Waals surface area contributed by atoms with Gasteiger partial charge in [0.15, 0.2) is 5.82 Å². The number of hydrogen-bond donors (Lipinski definition) is 0. The third kappa shape index (κ3) is 3.22. The zero-order chi connectivity index (χ0) is 17.9. The minimum absolute atomic E-state index is 0.585. The van der Waals surface area contributed by atoms with Crippen LogP contribution in [-0.4, -0.2) is 45.9 Å². The number of anilines is 2. The minimum atomic E-state index is 0.585. The van der Waals surface area contributed by atoms with Gasteiger partial charge < -0.3 is 9.80 Å². The predicted molar refractivity (Wildman–Crippen MR) is 99.5 cm³/mol. The lowest BCUT2D eigenvalue weighted by molar-refractivity contribution is 0.640. The quantitative estimate of drug-likeness (QED) is 0.724. The van der Waals surface area contributed by atoms with Gasteiger partial charge in [-0.25, -0.2) is 14.6 Å². The summed E-state index contributed by atoms with van der Waals surface area (Å²) in [6.45, 7) is 5.49. The molecule has 3 aromatic rings. The summed E-state index contributed by atoms with van der Waals surface area (Å²) in [5.41, 5.74) is 1.70.